The summed E-state index contributed by atoms with van der Waals surface area (Å²) in [5.74, 6) is -3.88. The van der Waals surface area contributed by atoms with Gasteiger partial charge in [0.2, 0.25) is 11.8 Å². The molecule has 2 aromatic carbocycles. The van der Waals surface area contributed by atoms with Gasteiger partial charge in [-0.1, -0.05) is 0 Å². The molecule has 36 heavy (non-hydrogen) atoms. The van der Waals surface area contributed by atoms with Gasteiger partial charge in [0.1, 0.15) is 23.2 Å². The van der Waals surface area contributed by atoms with Crippen molar-refractivity contribution in [3.05, 3.63) is 52.8 Å². The van der Waals surface area contributed by atoms with E-state index in [1.807, 2.05) is 0 Å². The standard InChI is InChI=1S/C25H23F3N4O4/c26-16-7-14(8-17(27)21(16)15-1-2-20(33)31-23(15)34)32-9-13(10-32)30-24(35)29-12-5-18(28)22-19(6-12)36-11-25(22)3-4-25/h5-8,13,15H,1-4,9-11H2,(H2,29,30,35)(H,31,33,34). The van der Waals surface area contributed by atoms with Crippen LogP contribution in [0.4, 0.5) is 29.3 Å². The highest BCUT2D eigenvalue weighted by Gasteiger charge is 2.52. The fourth-order valence-corrected chi connectivity index (χ4v) is 5.30. The van der Waals surface area contributed by atoms with E-state index in [0.717, 1.165) is 25.0 Å². The van der Waals surface area contributed by atoms with Crippen LogP contribution in [-0.4, -0.2) is 43.6 Å². The normalized spacial score (nSPS) is 22.0. The van der Waals surface area contributed by atoms with E-state index in [9.17, 15) is 27.6 Å². The minimum absolute atomic E-state index is 0.0183. The van der Waals surface area contributed by atoms with Crippen LogP contribution in [0.1, 0.15) is 42.7 Å². The Bertz CT molecular complexity index is 1280. The van der Waals surface area contributed by atoms with E-state index < -0.39 is 41.2 Å². The number of nitrogens with zero attached hydrogens (tertiary/aromatic N) is 1. The molecular weight excluding hydrogens is 477 g/mol. The number of rotatable bonds is 4. The van der Waals surface area contributed by atoms with Crippen molar-refractivity contribution in [2.45, 2.75) is 43.1 Å². The van der Waals surface area contributed by atoms with Gasteiger partial charge >= 0.3 is 6.03 Å². The predicted molar refractivity (Wildman–Crippen MR) is 122 cm³/mol. The zero-order valence-electron chi connectivity index (χ0n) is 19.1. The summed E-state index contributed by atoms with van der Waals surface area (Å²) in [5, 5.41) is 7.48. The van der Waals surface area contributed by atoms with Gasteiger partial charge in [0.25, 0.3) is 0 Å². The van der Waals surface area contributed by atoms with Crippen molar-refractivity contribution < 1.29 is 32.3 Å². The number of urea groups is 1. The fraction of sp³-hybridized carbons (Fsp3) is 0.400. The van der Waals surface area contributed by atoms with Gasteiger partial charge < -0.3 is 20.3 Å². The van der Waals surface area contributed by atoms with E-state index in [2.05, 4.69) is 16.0 Å². The average molecular weight is 500 g/mol. The molecule has 0 aromatic heterocycles. The topological polar surface area (TPSA) is 99.8 Å². The van der Waals surface area contributed by atoms with Gasteiger partial charge in [-0.2, -0.15) is 0 Å². The van der Waals surface area contributed by atoms with Gasteiger partial charge in [0.15, 0.2) is 0 Å². The lowest BCUT2D eigenvalue weighted by Crippen LogP contribution is -2.60. The van der Waals surface area contributed by atoms with E-state index in [1.165, 1.54) is 6.07 Å². The lowest BCUT2D eigenvalue weighted by Gasteiger charge is -2.41. The average Bonchev–Trinajstić information content (AvgIpc) is 3.46. The third kappa shape index (κ3) is 3.82. The van der Waals surface area contributed by atoms with Gasteiger partial charge in [-0.3, -0.25) is 14.9 Å². The maximum atomic E-state index is 14.8. The van der Waals surface area contributed by atoms with Crippen LogP contribution in [-0.2, 0) is 15.0 Å². The highest BCUT2D eigenvalue weighted by Crippen LogP contribution is 2.56. The van der Waals surface area contributed by atoms with Crippen molar-refractivity contribution in [2.75, 3.05) is 29.9 Å². The van der Waals surface area contributed by atoms with E-state index in [1.54, 1.807) is 11.0 Å². The van der Waals surface area contributed by atoms with Gasteiger partial charge in [-0.05, 0) is 37.5 Å². The number of benzene rings is 2. The van der Waals surface area contributed by atoms with Crippen molar-refractivity contribution >= 4 is 29.2 Å². The molecule has 4 amide bonds. The van der Waals surface area contributed by atoms with Gasteiger partial charge in [0, 0.05) is 53.5 Å². The maximum absolute atomic E-state index is 14.8. The third-order valence-corrected chi connectivity index (χ3v) is 7.43. The number of anilines is 2. The minimum atomic E-state index is -1.06. The molecule has 1 spiro atoms. The molecule has 2 aromatic rings. The summed E-state index contributed by atoms with van der Waals surface area (Å²) in [7, 11) is 0. The number of nitrogens with one attached hydrogen (secondary N) is 3. The molecular formula is C25H23F3N4O4. The van der Waals surface area contributed by atoms with Crippen LogP contribution in [0, 0.1) is 17.5 Å². The fourth-order valence-electron chi connectivity index (χ4n) is 5.30. The smallest absolute Gasteiger partial charge is 0.319 e. The van der Waals surface area contributed by atoms with Gasteiger partial charge in [-0.15, -0.1) is 0 Å². The predicted octanol–water partition coefficient (Wildman–Crippen LogP) is 3.06. The van der Waals surface area contributed by atoms with E-state index in [-0.39, 0.29) is 41.2 Å². The third-order valence-electron chi connectivity index (χ3n) is 7.43. The number of hydrogen-bond acceptors (Lipinski definition) is 5. The molecule has 3 heterocycles. The Labute approximate surface area is 204 Å². The number of fused-ring (bicyclic) bond motifs is 2. The number of carbonyl (C=O) groups is 3. The molecule has 3 N–H and O–H groups in total. The van der Waals surface area contributed by atoms with Crippen LogP contribution >= 0.6 is 0 Å². The second-order valence-electron chi connectivity index (χ2n) is 9.93. The molecule has 6 rings (SSSR count). The number of halogens is 3. The number of piperidine rings is 1. The highest BCUT2D eigenvalue weighted by molar-refractivity contribution is 6.01. The summed E-state index contributed by atoms with van der Waals surface area (Å²) in [6.45, 7) is 1.09. The van der Waals surface area contributed by atoms with Crippen molar-refractivity contribution in [1.29, 1.82) is 0 Å². The number of carbonyl (C=O) groups excluding carboxylic acids is 3. The molecule has 8 nitrogen and oxygen atoms in total. The van der Waals surface area contributed by atoms with Crippen LogP contribution < -0.4 is 25.6 Å². The second kappa shape index (κ2) is 8.14. The summed E-state index contributed by atoms with van der Waals surface area (Å²) < 4.78 is 49.8. The Morgan fingerprint density at radius 3 is 2.44 bits per heavy atom. The van der Waals surface area contributed by atoms with E-state index in [0.29, 0.717) is 31.0 Å². The SMILES string of the molecule is O=C1CCC(c2c(F)cc(N3CC(NC(=O)Nc4cc(F)c5c(c4)OCC54CC4)C3)cc2F)C(=O)N1. The zero-order chi connectivity index (χ0) is 25.2. The van der Waals surface area contributed by atoms with Crippen molar-refractivity contribution in [3.63, 3.8) is 0 Å². The Balaban J connectivity index is 1.06. The highest BCUT2D eigenvalue weighted by atomic mass is 19.1. The molecule has 1 atom stereocenters. The monoisotopic (exact) mass is 500 g/mol. The Kier molecular flexibility index (Phi) is 5.13. The molecule has 1 unspecified atom stereocenters. The number of imide groups is 1. The number of amides is 4. The first-order chi connectivity index (χ1) is 17.2. The Morgan fingerprint density at radius 2 is 1.78 bits per heavy atom. The Hall–Kier alpha value is -3.76. The summed E-state index contributed by atoms with van der Waals surface area (Å²) in [5.41, 5.74) is 0.606. The molecule has 0 radical (unpaired) electrons. The first-order valence-electron chi connectivity index (χ1n) is 11.8. The molecule has 11 heteroatoms. The largest absolute Gasteiger partial charge is 0.492 e. The lowest BCUT2D eigenvalue weighted by molar-refractivity contribution is -0.134. The molecule has 3 aliphatic heterocycles. The molecule has 4 aliphatic rings. The zero-order valence-corrected chi connectivity index (χ0v) is 19.1. The minimum Gasteiger partial charge on any atom is -0.492 e. The lowest BCUT2D eigenvalue weighted by atomic mass is 9.89. The van der Waals surface area contributed by atoms with Crippen LogP contribution in [0.2, 0.25) is 0 Å². The maximum Gasteiger partial charge on any atom is 0.319 e. The Morgan fingerprint density at radius 1 is 1.06 bits per heavy atom. The number of hydrogen-bond donors (Lipinski definition) is 3. The summed E-state index contributed by atoms with van der Waals surface area (Å²) >= 11 is 0. The first-order valence-corrected chi connectivity index (χ1v) is 11.8. The van der Waals surface area contributed by atoms with E-state index in [4.69, 9.17) is 4.74 Å². The van der Waals surface area contributed by atoms with Crippen LogP contribution in [0.3, 0.4) is 0 Å². The van der Waals surface area contributed by atoms with E-state index >= 15 is 0 Å². The molecule has 1 saturated carbocycles. The van der Waals surface area contributed by atoms with Gasteiger partial charge in [0.05, 0.1) is 18.6 Å². The summed E-state index contributed by atoms with van der Waals surface area (Å²) in [6, 6.07) is 4.40. The van der Waals surface area contributed by atoms with Crippen LogP contribution in [0.15, 0.2) is 24.3 Å². The molecule has 188 valence electrons. The second-order valence-corrected chi connectivity index (χ2v) is 9.93. The quantitative estimate of drug-likeness (QED) is 0.561. The molecule has 1 aliphatic carbocycles. The summed E-state index contributed by atoms with van der Waals surface area (Å²) in [4.78, 5) is 37.4. The molecule has 2 saturated heterocycles. The first kappa shape index (κ1) is 22.7. The number of ether oxygens (including phenoxy) is 1. The van der Waals surface area contributed by atoms with Crippen LogP contribution in [0.5, 0.6) is 5.75 Å². The van der Waals surface area contributed by atoms with Gasteiger partial charge in [-0.25, -0.2) is 18.0 Å². The molecule has 3 fully saturated rings. The van der Waals surface area contributed by atoms with Crippen molar-refractivity contribution in [3.8, 4) is 5.75 Å². The molecule has 0 bridgehead atoms. The summed E-state index contributed by atoms with van der Waals surface area (Å²) in [6.07, 6.45) is 1.86. The van der Waals surface area contributed by atoms with Crippen molar-refractivity contribution in [1.82, 2.24) is 10.6 Å². The van der Waals surface area contributed by atoms with Crippen molar-refractivity contribution in [2.24, 2.45) is 0 Å². The van der Waals surface area contributed by atoms with Crippen LogP contribution in [0.25, 0.3) is 0 Å².